The van der Waals surface area contributed by atoms with Crippen molar-refractivity contribution in [3.8, 4) is 5.75 Å². The number of amidine groups is 1. The van der Waals surface area contributed by atoms with Gasteiger partial charge in [0, 0.05) is 22.8 Å². The number of rotatable bonds is 5. The molecule has 136 valence electrons. The number of nitrogens with zero attached hydrogens (tertiary/aromatic N) is 2. The fourth-order valence-electron chi connectivity index (χ4n) is 3.02. The lowest BCUT2D eigenvalue weighted by Gasteiger charge is -2.14. The minimum atomic E-state index is -0.421. The molecule has 3 aromatic rings. The van der Waals surface area contributed by atoms with Crippen molar-refractivity contribution in [2.75, 3.05) is 18.1 Å². The molecule has 1 atom stereocenters. The molecule has 0 spiro atoms. The zero-order chi connectivity index (χ0) is 18.8. The SMILES string of the molecule is N=C(N)c1ccc(N2CC(COc3cccc4cccnc34)OC2=O)cc1. The van der Waals surface area contributed by atoms with Gasteiger partial charge in [0.25, 0.3) is 0 Å². The number of benzene rings is 2. The van der Waals surface area contributed by atoms with Crippen LogP contribution in [0.3, 0.4) is 0 Å². The van der Waals surface area contributed by atoms with Gasteiger partial charge in [0.1, 0.15) is 23.7 Å². The van der Waals surface area contributed by atoms with Gasteiger partial charge < -0.3 is 15.2 Å². The molecule has 1 aliphatic rings. The maximum absolute atomic E-state index is 12.2. The summed E-state index contributed by atoms with van der Waals surface area (Å²) in [6, 6.07) is 16.5. The van der Waals surface area contributed by atoms with Crippen molar-refractivity contribution < 1.29 is 14.3 Å². The summed E-state index contributed by atoms with van der Waals surface area (Å²) in [4.78, 5) is 18.1. The average molecular weight is 362 g/mol. The predicted octanol–water partition coefficient (Wildman–Crippen LogP) is 2.92. The van der Waals surface area contributed by atoms with Crippen LogP contribution in [0.15, 0.2) is 60.8 Å². The number of nitrogens with two attached hydrogens (primary N) is 1. The van der Waals surface area contributed by atoms with E-state index in [-0.39, 0.29) is 18.5 Å². The molecule has 1 aliphatic heterocycles. The van der Waals surface area contributed by atoms with Gasteiger partial charge in [-0.1, -0.05) is 18.2 Å². The Labute approximate surface area is 155 Å². The quantitative estimate of drug-likeness (QED) is 0.537. The Kier molecular flexibility index (Phi) is 4.33. The van der Waals surface area contributed by atoms with Crippen LogP contribution in [-0.4, -0.2) is 36.2 Å². The molecule has 1 aromatic heterocycles. The van der Waals surface area contributed by atoms with E-state index in [2.05, 4.69) is 4.98 Å². The molecule has 1 amide bonds. The van der Waals surface area contributed by atoms with E-state index >= 15 is 0 Å². The summed E-state index contributed by atoms with van der Waals surface area (Å²) < 4.78 is 11.3. The van der Waals surface area contributed by atoms with Gasteiger partial charge in [-0.2, -0.15) is 0 Å². The normalized spacial score (nSPS) is 16.4. The zero-order valence-corrected chi connectivity index (χ0v) is 14.5. The van der Waals surface area contributed by atoms with Crippen LogP contribution in [-0.2, 0) is 4.74 Å². The van der Waals surface area contributed by atoms with Gasteiger partial charge in [0.15, 0.2) is 6.10 Å². The minimum absolute atomic E-state index is 0.0134. The summed E-state index contributed by atoms with van der Waals surface area (Å²) in [5.41, 5.74) is 7.54. The molecule has 1 saturated heterocycles. The van der Waals surface area contributed by atoms with E-state index in [9.17, 15) is 4.79 Å². The third-order valence-corrected chi connectivity index (χ3v) is 4.38. The van der Waals surface area contributed by atoms with E-state index in [0.29, 0.717) is 23.5 Å². The highest BCUT2D eigenvalue weighted by molar-refractivity contribution is 5.96. The van der Waals surface area contributed by atoms with Crippen LogP contribution >= 0.6 is 0 Å². The molecule has 2 heterocycles. The molecular weight excluding hydrogens is 344 g/mol. The van der Waals surface area contributed by atoms with Gasteiger partial charge in [-0.3, -0.25) is 15.3 Å². The first-order valence-corrected chi connectivity index (χ1v) is 8.51. The number of nitrogen functional groups attached to an aromatic ring is 1. The second-order valence-corrected chi connectivity index (χ2v) is 6.22. The Morgan fingerprint density at radius 3 is 2.78 bits per heavy atom. The van der Waals surface area contributed by atoms with E-state index in [1.54, 1.807) is 35.4 Å². The van der Waals surface area contributed by atoms with Crippen LogP contribution in [0.1, 0.15) is 5.56 Å². The number of cyclic esters (lactones) is 1. The number of hydrogen-bond donors (Lipinski definition) is 2. The second kappa shape index (κ2) is 6.95. The van der Waals surface area contributed by atoms with Gasteiger partial charge in [-0.15, -0.1) is 0 Å². The molecule has 0 bridgehead atoms. The number of para-hydroxylation sites is 1. The van der Waals surface area contributed by atoms with Crippen LogP contribution in [0.25, 0.3) is 10.9 Å². The predicted molar refractivity (Wildman–Crippen MR) is 102 cm³/mol. The van der Waals surface area contributed by atoms with Crippen molar-refractivity contribution in [2.24, 2.45) is 5.73 Å². The zero-order valence-electron chi connectivity index (χ0n) is 14.5. The molecule has 27 heavy (non-hydrogen) atoms. The molecule has 0 radical (unpaired) electrons. The third-order valence-electron chi connectivity index (χ3n) is 4.38. The number of ether oxygens (including phenoxy) is 2. The third kappa shape index (κ3) is 3.39. The first-order chi connectivity index (χ1) is 13.1. The summed E-state index contributed by atoms with van der Waals surface area (Å²) >= 11 is 0. The van der Waals surface area contributed by atoms with Crippen molar-refractivity contribution in [1.82, 2.24) is 4.98 Å². The Balaban J connectivity index is 1.44. The molecule has 7 heteroatoms. The molecule has 3 N–H and O–H groups in total. The lowest BCUT2D eigenvalue weighted by molar-refractivity contribution is 0.105. The fourth-order valence-corrected chi connectivity index (χ4v) is 3.02. The van der Waals surface area contributed by atoms with Crippen LogP contribution in [0.5, 0.6) is 5.75 Å². The van der Waals surface area contributed by atoms with E-state index in [1.165, 1.54) is 0 Å². The van der Waals surface area contributed by atoms with Gasteiger partial charge in [-0.05, 0) is 36.4 Å². The fraction of sp³-hybridized carbons (Fsp3) is 0.150. The molecule has 4 rings (SSSR count). The first-order valence-electron chi connectivity index (χ1n) is 8.51. The van der Waals surface area contributed by atoms with Crippen LogP contribution < -0.4 is 15.4 Å². The Morgan fingerprint density at radius 2 is 2.00 bits per heavy atom. The van der Waals surface area contributed by atoms with Crippen LogP contribution in [0.2, 0.25) is 0 Å². The minimum Gasteiger partial charge on any atom is -0.487 e. The van der Waals surface area contributed by atoms with Crippen molar-refractivity contribution in [3.63, 3.8) is 0 Å². The van der Waals surface area contributed by atoms with Crippen molar-refractivity contribution >= 4 is 28.5 Å². The lowest BCUT2D eigenvalue weighted by Crippen LogP contribution is -2.26. The Hall–Kier alpha value is -3.61. The maximum atomic E-state index is 12.2. The monoisotopic (exact) mass is 362 g/mol. The highest BCUT2D eigenvalue weighted by Gasteiger charge is 2.33. The van der Waals surface area contributed by atoms with Crippen molar-refractivity contribution in [1.29, 1.82) is 5.41 Å². The maximum Gasteiger partial charge on any atom is 0.414 e. The number of amides is 1. The van der Waals surface area contributed by atoms with Crippen molar-refractivity contribution in [2.45, 2.75) is 6.10 Å². The summed E-state index contributed by atoms with van der Waals surface area (Å²) in [5, 5.41) is 8.42. The molecule has 2 aromatic carbocycles. The number of aromatic nitrogens is 1. The van der Waals surface area contributed by atoms with E-state index in [0.717, 1.165) is 10.9 Å². The summed E-state index contributed by atoms with van der Waals surface area (Å²) in [6.07, 6.45) is 0.913. The number of pyridine rings is 1. The van der Waals surface area contributed by atoms with Gasteiger partial charge >= 0.3 is 6.09 Å². The van der Waals surface area contributed by atoms with Crippen LogP contribution in [0.4, 0.5) is 10.5 Å². The van der Waals surface area contributed by atoms with Crippen LogP contribution in [0, 0.1) is 5.41 Å². The highest BCUT2D eigenvalue weighted by atomic mass is 16.6. The largest absolute Gasteiger partial charge is 0.487 e. The summed E-state index contributed by atoms with van der Waals surface area (Å²) in [7, 11) is 0. The van der Waals surface area contributed by atoms with E-state index in [4.69, 9.17) is 20.6 Å². The standard InChI is InChI=1S/C20H18N4O3/c21-19(22)14-6-8-15(9-7-14)24-11-16(27-20(24)25)12-26-17-5-1-3-13-4-2-10-23-18(13)17/h1-10,16H,11-12H2,(H3,21,22). The summed E-state index contributed by atoms with van der Waals surface area (Å²) in [5.74, 6) is 0.647. The molecule has 1 fully saturated rings. The second-order valence-electron chi connectivity index (χ2n) is 6.22. The Bertz CT molecular complexity index is 998. The molecular formula is C20H18N4O3. The van der Waals surface area contributed by atoms with Gasteiger partial charge in [-0.25, -0.2) is 4.79 Å². The van der Waals surface area contributed by atoms with E-state index in [1.807, 2.05) is 30.3 Å². The smallest absolute Gasteiger partial charge is 0.414 e. The lowest BCUT2D eigenvalue weighted by atomic mass is 10.2. The average Bonchev–Trinajstić information content (AvgIpc) is 3.07. The van der Waals surface area contributed by atoms with E-state index < -0.39 is 6.09 Å². The molecule has 7 nitrogen and oxygen atoms in total. The number of carbonyl (C=O) groups is 1. The number of hydrogen-bond acceptors (Lipinski definition) is 5. The molecule has 0 saturated carbocycles. The molecule has 0 aliphatic carbocycles. The number of fused-ring (bicyclic) bond motifs is 1. The number of anilines is 1. The van der Waals surface area contributed by atoms with Gasteiger partial charge in [0.05, 0.1) is 6.54 Å². The number of carbonyl (C=O) groups excluding carboxylic acids is 1. The topological polar surface area (TPSA) is 102 Å². The van der Waals surface area contributed by atoms with Gasteiger partial charge in [0.2, 0.25) is 0 Å². The highest BCUT2D eigenvalue weighted by Crippen LogP contribution is 2.25. The Morgan fingerprint density at radius 1 is 1.22 bits per heavy atom. The summed E-state index contributed by atoms with van der Waals surface area (Å²) in [6.45, 7) is 0.625. The number of nitrogens with one attached hydrogen (secondary N) is 1. The van der Waals surface area contributed by atoms with Crippen molar-refractivity contribution in [3.05, 3.63) is 66.4 Å². The molecule has 1 unspecified atom stereocenters. The first kappa shape index (κ1) is 16.8.